The zero-order chi connectivity index (χ0) is 14.4. The Morgan fingerprint density at radius 3 is 2.53 bits per heavy atom. The van der Waals surface area contributed by atoms with E-state index in [0.29, 0.717) is 5.56 Å². The largest absolute Gasteiger partial charge is 0.478 e. The van der Waals surface area contributed by atoms with Crippen molar-refractivity contribution in [1.29, 1.82) is 5.26 Å². The number of nitrogens with zero attached hydrogens (tertiary/aromatic N) is 3. The lowest BCUT2D eigenvalue weighted by molar-refractivity contribution is 0.0697. The standard InChI is InChI=1S/C14H19N3O2/c1-16(2)7-4-8-17(3)13-6-5-11(14(18)19)9-12(13)10-15/h5-6,9H,4,7-8H2,1-3H3,(H,18,19). The number of hydrogen-bond acceptors (Lipinski definition) is 4. The maximum atomic E-state index is 10.9. The molecule has 5 nitrogen and oxygen atoms in total. The van der Waals surface area contributed by atoms with Gasteiger partial charge < -0.3 is 14.9 Å². The summed E-state index contributed by atoms with van der Waals surface area (Å²) in [6.07, 6.45) is 0.981. The predicted octanol–water partition coefficient (Wildman–Crippen LogP) is 1.64. The summed E-state index contributed by atoms with van der Waals surface area (Å²) in [5, 5.41) is 18.0. The Morgan fingerprint density at radius 1 is 1.32 bits per heavy atom. The van der Waals surface area contributed by atoms with Crippen LogP contribution in [0.5, 0.6) is 0 Å². The third-order valence-corrected chi connectivity index (χ3v) is 2.87. The SMILES string of the molecule is CN(C)CCCN(C)c1ccc(C(=O)O)cc1C#N. The molecule has 0 saturated carbocycles. The quantitative estimate of drug-likeness (QED) is 0.843. The van der Waals surface area contributed by atoms with Gasteiger partial charge in [0.25, 0.3) is 0 Å². The summed E-state index contributed by atoms with van der Waals surface area (Å²) in [6.45, 7) is 1.79. The van der Waals surface area contributed by atoms with Crippen LogP contribution in [0.4, 0.5) is 5.69 Å². The molecule has 1 rings (SSSR count). The van der Waals surface area contributed by atoms with E-state index in [0.717, 1.165) is 25.2 Å². The first-order valence-corrected chi connectivity index (χ1v) is 6.09. The zero-order valence-electron chi connectivity index (χ0n) is 11.6. The van der Waals surface area contributed by atoms with Crippen LogP contribution in [0.15, 0.2) is 18.2 Å². The van der Waals surface area contributed by atoms with Gasteiger partial charge in [-0.05, 0) is 45.3 Å². The molecule has 19 heavy (non-hydrogen) atoms. The summed E-state index contributed by atoms with van der Waals surface area (Å²) < 4.78 is 0. The van der Waals surface area contributed by atoms with Gasteiger partial charge in [-0.3, -0.25) is 0 Å². The molecular formula is C14H19N3O2. The number of anilines is 1. The van der Waals surface area contributed by atoms with E-state index in [2.05, 4.69) is 11.0 Å². The van der Waals surface area contributed by atoms with Gasteiger partial charge in [-0.1, -0.05) is 0 Å². The fourth-order valence-electron chi connectivity index (χ4n) is 1.84. The molecule has 0 aliphatic heterocycles. The van der Waals surface area contributed by atoms with Crippen LogP contribution in [0, 0.1) is 11.3 Å². The minimum Gasteiger partial charge on any atom is -0.478 e. The molecule has 1 aromatic carbocycles. The number of carboxylic acid groups (broad SMARTS) is 1. The van der Waals surface area contributed by atoms with Gasteiger partial charge in [-0.2, -0.15) is 5.26 Å². The topological polar surface area (TPSA) is 67.6 Å². The molecule has 0 radical (unpaired) electrons. The van der Waals surface area contributed by atoms with Crippen molar-refractivity contribution in [3.63, 3.8) is 0 Å². The third kappa shape index (κ3) is 4.27. The highest BCUT2D eigenvalue weighted by Gasteiger charge is 2.11. The van der Waals surface area contributed by atoms with Crippen LogP contribution < -0.4 is 4.90 Å². The molecule has 0 aliphatic rings. The minimum atomic E-state index is -1.02. The van der Waals surface area contributed by atoms with Crippen LogP contribution in [-0.2, 0) is 0 Å². The lowest BCUT2D eigenvalue weighted by atomic mass is 10.1. The first kappa shape index (κ1) is 15.0. The van der Waals surface area contributed by atoms with E-state index in [1.54, 1.807) is 6.07 Å². The van der Waals surface area contributed by atoms with Crippen LogP contribution >= 0.6 is 0 Å². The molecule has 0 atom stereocenters. The number of nitriles is 1. The Morgan fingerprint density at radius 2 is 2.00 bits per heavy atom. The highest BCUT2D eigenvalue weighted by molar-refractivity contribution is 5.89. The Balaban J connectivity index is 2.82. The van der Waals surface area contributed by atoms with Crippen molar-refractivity contribution in [1.82, 2.24) is 4.90 Å². The predicted molar refractivity (Wildman–Crippen MR) is 74.6 cm³/mol. The van der Waals surface area contributed by atoms with Crippen molar-refractivity contribution >= 4 is 11.7 Å². The van der Waals surface area contributed by atoms with Crippen LogP contribution in [0.2, 0.25) is 0 Å². The molecule has 0 heterocycles. The molecule has 0 aliphatic carbocycles. The second-order valence-electron chi connectivity index (χ2n) is 4.73. The fraction of sp³-hybridized carbons (Fsp3) is 0.429. The molecule has 5 heteroatoms. The summed E-state index contributed by atoms with van der Waals surface area (Å²) >= 11 is 0. The summed E-state index contributed by atoms with van der Waals surface area (Å²) in [4.78, 5) is 15.0. The van der Waals surface area contributed by atoms with E-state index in [1.807, 2.05) is 26.0 Å². The maximum absolute atomic E-state index is 10.9. The minimum absolute atomic E-state index is 0.141. The van der Waals surface area contributed by atoms with Crippen LogP contribution in [0.25, 0.3) is 0 Å². The van der Waals surface area contributed by atoms with Crippen molar-refractivity contribution < 1.29 is 9.90 Å². The van der Waals surface area contributed by atoms with Gasteiger partial charge >= 0.3 is 5.97 Å². The smallest absolute Gasteiger partial charge is 0.335 e. The first-order valence-electron chi connectivity index (χ1n) is 6.09. The highest BCUT2D eigenvalue weighted by atomic mass is 16.4. The Bertz CT molecular complexity index is 492. The molecule has 1 aromatic rings. The van der Waals surface area contributed by atoms with Gasteiger partial charge in [0, 0.05) is 13.6 Å². The van der Waals surface area contributed by atoms with Crippen LogP contribution in [-0.4, -0.2) is 50.2 Å². The highest BCUT2D eigenvalue weighted by Crippen LogP contribution is 2.20. The van der Waals surface area contributed by atoms with E-state index in [4.69, 9.17) is 10.4 Å². The Hall–Kier alpha value is -2.06. The average Bonchev–Trinajstić information content (AvgIpc) is 2.37. The van der Waals surface area contributed by atoms with Gasteiger partial charge in [-0.15, -0.1) is 0 Å². The van der Waals surface area contributed by atoms with Crippen molar-refractivity contribution in [2.75, 3.05) is 39.1 Å². The second-order valence-corrected chi connectivity index (χ2v) is 4.73. The molecule has 0 amide bonds. The third-order valence-electron chi connectivity index (χ3n) is 2.87. The molecular weight excluding hydrogens is 242 g/mol. The summed E-state index contributed by atoms with van der Waals surface area (Å²) in [5.41, 5.74) is 1.31. The zero-order valence-corrected chi connectivity index (χ0v) is 11.6. The molecule has 0 aromatic heterocycles. The monoisotopic (exact) mass is 261 g/mol. The maximum Gasteiger partial charge on any atom is 0.335 e. The second kappa shape index (κ2) is 6.76. The van der Waals surface area contributed by atoms with E-state index >= 15 is 0 Å². The Labute approximate surface area is 113 Å². The van der Waals surface area contributed by atoms with E-state index < -0.39 is 5.97 Å². The number of carboxylic acids is 1. The first-order chi connectivity index (χ1) is 8.95. The van der Waals surface area contributed by atoms with Crippen molar-refractivity contribution in [2.24, 2.45) is 0 Å². The van der Waals surface area contributed by atoms with Gasteiger partial charge in [-0.25, -0.2) is 4.79 Å². The lowest BCUT2D eigenvalue weighted by Crippen LogP contribution is -2.24. The van der Waals surface area contributed by atoms with Crippen molar-refractivity contribution in [3.05, 3.63) is 29.3 Å². The van der Waals surface area contributed by atoms with Gasteiger partial charge in [0.1, 0.15) is 6.07 Å². The van der Waals surface area contributed by atoms with Crippen molar-refractivity contribution in [2.45, 2.75) is 6.42 Å². The van der Waals surface area contributed by atoms with Gasteiger partial charge in [0.2, 0.25) is 0 Å². The molecule has 1 N–H and O–H groups in total. The van der Waals surface area contributed by atoms with Gasteiger partial charge in [0.05, 0.1) is 16.8 Å². The van der Waals surface area contributed by atoms with Crippen LogP contribution in [0.3, 0.4) is 0 Å². The molecule has 0 fully saturated rings. The lowest BCUT2D eigenvalue weighted by Gasteiger charge is -2.21. The Kier molecular flexibility index (Phi) is 5.34. The van der Waals surface area contributed by atoms with E-state index in [-0.39, 0.29) is 5.56 Å². The fourth-order valence-corrected chi connectivity index (χ4v) is 1.84. The summed E-state index contributed by atoms with van der Waals surface area (Å²) in [6, 6.07) is 6.69. The summed E-state index contributed by atoms with van der Waals surface area (Å²) in [5.74, 6) is -1.02. The normalized spacial score (nSPS) is 10.3. The van der Waals surface area contributed by atoms with Crippen LogP contribution in [0.1, 0.15) is 22.3 Å². The average molecular weight is 261 g/mol. The molecule has 0 unspecified atom stereocenters. The number of carbonyl (C=O) groups is 1. The molecule has 0 bridgehead atoms. The number of rotatable bonds is 6. The van der Waals surface area contributed by atoms with E-state index in [1.165, 1.54) is 12.1 Å². The number of benzene rings is 1. The van der Waals surface area contributed by atoms with Gasteiger partial charge in [0.15, 0.2) is 0 Å². The molecule has 0 spiro atoms. The summed E-state index contributed by atoms with van der Waals surface area (Å²) in [7, 11) is 5.94. The molecule has 0 saturated heterocycles. The van der Waals surface area contributed by atoms with E-state index in [9.17, 15) is 4.79 Å². The molecule has 102 valence electrons. The number of hydrogen-bond donors (Lipinski definition) is 1. The van der Waals surface area contributed by atoms with Crippen molar-refractivity contribution in [3.8, 4) is 6.07 Å². The number of aromatic carboxylic acids is 1.